The Balaban J connectivity index is 0.00000192. The van der Waals surface area contributed by atoms with Gasteiger partial charge in [-0.2, -0.15) is 0 Å². The maximum atomic E-state index is 10.1. The molecule has 2 atom stereocenters. The third kappa shape index (κ3) is 4.39. The van der Waals surface area contributed by atoms with E-state index in [9.17, 15) is 5.11 Å². The molecule has 23 heavy (non-hydrogen) atoms. The first-order valence-corrected chi connectivity index (χ1v) is 8.05. The molecule has 130 valence electrons. The van der Waals surface area contributed by atoms with E-state index in [4.69, 9.17) is 9.15 Å². The molecule has 2 fully saturated rings. The highest BCUT2D eigenvalue weighted by atomic mass is 127. The van der Waals surface area contributed by atoms with Crippen molar-refractivity contribution in [3.63, 3.8) is 0 Å². The Morgan fingerprint density at radius 1 is 1.52 bits per heavy atom. The summed E-state index contributed by atoms with van der Waals surface area (Å²) in [5.74, 6) is 1.43. The number of guanidine groups is 1. The van der Waals surface area contributed by atoms with Crippen molar-refractivity contribution in [2.75, 3.05) is 39.4 Å². The second kappa shape index (κ2) is 8.34. The number of nitrogens with one attached hydrogen (secondary N) is 1. The lowest BCUT2D eigenvalue weighted by Crippen LogP contribution is -2.41. The number of aliphatic hydroxyl groups excluding tert-OH is 1. The van der Waals surface area contributed by atoms with Crippen LogP contribution >= 0.6 is 24.0 Å². The Hall–Kier alpha value is -0.800. The molecule has 0 aliphatic carbocycles. The maximum Gasteiger partial charge on any atom is 0.194 e. The zero-order valence-corrected chi connectivity index (χ0v) is 15.9. The number of nitrogens with zero attached hydrogens (tertiary/aromatic N) is 2. The van der Waals surface area contributed by atoms with E-state index in [-0.39, 0.29) is 24.0 Å². The molecule has 2 aliphatic rings. The summed E-state index contributed by atoms with van der Waals surface area (Å²) in [5, 5.41) is 13.4. The summed E-state index contributed by atoms with van der Waals surface area (Å²) >= 11 is 0. The van der Waals surface area contributed by atoms with Gasteiger partial charge in [-0.05, 0) is 31.9 Å². The fourth-order valence-electron chi connectivity index (χ4n) is 3.26. The summed E-state index contributed by atoms with van der Waals surface area (Å²) in [6.07, 6.45) is 3.16. The average molecular weight is 435 g/mol. The molecule has 2 unspecified atom stereocenters. The fraction of sp³-hybridized carbons (Fsp3) is 0.688. The largest absolute Gasteiger partial charge is 0.467 e. The summed E-state index contributed by atoms with van der Waals surface area (Å²) in [7, 11) is 0. The fourth-order valence-corrected chi connectivity index (χ4v) is 3.26. The van der Waals surface area contributed by atoms with Gasteiger partial charge in [0.1, 0.15) is 11.9 Å². The minimum atomic E-state index is -0.699. The standard InChI is InChI=1S/C16H25N3O3.HI/c1-2-17-15(18-10-13(20)14-4-3-8-22-14)19-7-5-16(11-19)6-9-21-12-16;/h3-4,8,13,20H,2,5-7,9-12H2,1H3,(H,17,18);1H. The van der Waals surface area contributed by atoms with Crippen molar-refractivity contribution in [1.82, 2.24) is 10.2 Å². The second-order valence-corrected chi connectivity index (χ2v) is 6.20. The Kier molecular flexibility index (Phi) is 6.72. The Morgan fingerprint density at radius 2 is 2.39 bits per heavy atom. The van der Waals surface area contributed by atoms with Crippen LogP contribution in [0.1, 0.15) is 31.6 Å². The van der Waals surface area contributed by atoms with Gasteiger partial charge in [0.05, 0.1) is 19.4 Å². The molecular weight excluding hydrogens is 409 g/mol. The van der Waals surface area contributed by atoms with Crippen molar-refractivity contribution in [3.05, 3.63) is 24.2 Å². The Bertz CT molecular complexity index is 501. The quantitative estimate of drug-likeness (QED) is 0.430. The average Bonchev–Trinajstić information content (AvgIpc) is 3.27. The van der Waals surface area contributed by atoms with Crippen molar-refractivity contribution in [1.29, 1.82) is 0 Å². The van der Waals surface area contributed by atoms with Crippen molar-refractivity contribution < 1.29 is 14.3 Å². The first-order chi connectivity index (χ1) is 10.7. The zero-order chi connectivity index (χ0) is 15.4. The SMILES string of the molecule is CCNC(=NCC(O)c1ccco1)N1CCC2(CCOC2)C1.I. The predicted molar refractivity (Wildman–Crippen MR) is 99.1 cm³/mol. The highest BCUT2D eigenvalue weighted by Crippen LogP contribution is 2.38. The molecule has 7 heteroatoms. The predicted octanol–water partition coefficient (Wildman–Crippen LogP) is 2.01. The van der Waals surface area contributed by atoms with E-state index in [2.05, 4.69) is 22.1 Å². The molecular formula is C16H26IN3O3. The van der Waals surface area contributed by atoms with E-state index >= 15 is 0 Å². The van der Waals surface area contributed by atoms with Crippen molar-refractivity contribution in [2.24, 2.45) is 10.4 Å². The Labute approximate surface area is 154 Å². The van der Waals surface area contributed by atoms with Gasteiger partial charge in [0.15, 0.2) is 5.96 Å². The lowest BCUT2D eigenvalue weighted by Gasteiger charge is -2.25. The van der Waals surface area contributed by atoms with E-state index in [1.54, 1.807) is 18.4 Å². The number of aliphatic imine (C=N–C) groups is 1. The van der Waals surface area contributed by atoms with Crippen LogP contribution in [0.15, 0.2) is 27.8 Å². The van der Waals surface area contributed by atoms with Gasteiger partial charge < -0.3 is 24.5 Å². The van der Waals surface area contributed by atoms with Gasteiger partial charge in [-0.3, -0.25) is 0 Å². The molecule has 6 nitrogen and oxygen atoms in total. The number of hydrogen-bond donors (Lipinski definition) is 2. The van der Waals surface area contributed by atoms with E-state index in [1.165, 1.54) is 0 Å². The summed E-state index contributed by atoms with van der Waals surface area (Å²) in [5.41, 5.74) is 0.301. The topological polar surface area (TPSA) is 70.2 Å². The number of likely N-dealkylation sites (tertiary alicyclic amines) is 1. The van der Waals surface area contributed by atoms with Crippen molar-refractivity contribution in [3.8, 4) is 0 Å². The van der Waals surface area contributed by atoms with Crippen molar-refractivity contribution in [2.45, 2.75) is 25.9 Å². The van der Waals surface area contributed by atoms with Crippen LogP contribution in [0, 0.1) is 5.41 Å². The molecule has 2 N–H and O–H groups in total. The normalized spacial score (nSPS) is 25.7. The van der Waals surface area contributed by atoms with Crippen LogP contribution in [-0.4, -0.2) is 55.4 Å². The number of ether oxygens (including phenoxy) is 1. The first-order valence-electron chi connectivity index (χ1n) is 8.05. The highest BCUT2D eigenvalue weighted by molar-refractivity contribution is 14.0. The molecule has 0 radical (unpaired) electrons. The molecule has 3 rings (SSSR count). The van der Waals surface area contributed by atoms with E-state index in [1.807, 2.05) is 0 Å². The molecule has 0 amide bonds. The molecule has 0 aromatic carbocycles. The smallest absolute Gasteiger partial charge is 0.194 e. The van der Waals surface area contributed by atoms with Crippen molar-refractivity contribution >= 4 is 29.9 Å². The minimum absolute atomic E-state index is 0. The summed E-state index contributed by atoms with van der Waals surface area (Å²) in [4.78, 5) is 6.87. The molecule has 1 aromatic rings. The lowest BCUT2D eigenvalue weighted by molar-refractivity contribution is 0.155. The third-order valence-electron chi connectivity index (χ3n) is 4.54. The minimum Gasteiger partial charge on any atom is -0.467 e. The van der Waals surface area contributed by atoms with E-state index < -0.39 is 6.10 Å². The van der Waals surface area contributed by atoms with E-state index in [0.29, 0.717) is 17.7 Å². The van der Waals surface area contributed by atoms with Crippen LogP contribution in [0.3, 0.4) is 0 Å². The molecule has 0 saturated carbocycles. The van der Waals surface area contributed by atoms with E-state index in [0.717, 1.165) is 51.6 Å². The van der Waals surface area contributed by atoms with Crippen LogP contribution in [-0.2, 0) is 4.74 Å². The van der Waals surface area contributed by atoms with Gasteiger partial charge in [0.25, 0.3) is 0 Å². The van der Waals surface area contributed by atoms with Crippen LogP contribution in [0.4, 0.5) is 0 Å². The number of rotatable bonds is 4. The van der Waals surface area contributed by atoms with Gasteiger partial charge in [-0.1, -0.05) is 0 Å². The van der Waals surface area contributed by atoms with Crippen LogP contribution in [0.2, 0.25) is 0 Å². The Morgan fingerprint density at radius 3 is 3.04 bits per heavy atom. The molecule has 2 aliphatic heterocycles. The van der Waals surface area contributed by atoms with Gasteiger partial charge >= 0.3 is 0 Å². The molecule has 0 bridgehead atoms. The zero-order valence-electron chi connectivity index (χ0n) is 13.5. The summed E-state index contributed by atoms with van der Waals surface area (Å²) in [6, 6.07) is 3.55. The van der Waals surface area contributed by atoms with Gasteiger partial charge in [-0.25, -0.2) is 4.99 Å². The first kappa shape index (κ1) is 18.5. The van der Waals surface area contributed by atoms with Crippen LogP contribution in [0.25, 0.3) is 0 Å². The molecule has 2 saturated heterocycles. The second-order valence-electron chi connectivity index (χ2n) is 6.20. The highest BCUT2D eigenvalue weighted by Gasteiger charge is 2.42. The monoisotopic (exact) mass is 435 g/mol. The van der Waals surface area contributed by atoms with Gasteiger partial charge in [0, 0.05) is 31.7 Å². The van der Waals surface area contributed by atoms with Gasteiger partial charge in [0.2, 0.25) is 0 Å². The third-order valence-corrected chi connectivity index (χ3v) is 4.54. The molecule has 1 aromatic heterocycles. The number of aliphatic hydroxyl groups is 1. The summed E-state index contributed by atoms with van der Waals surface area (Å²) in [6.45, 7) is 6.88. The molecule has 1 spiro atoms. The van der Waals surface area contributed by atoms with Crippen LogP contribution in [0.5, 0.6) is 0 Å². The summed E-state index contributed by atoms with van der Waals surface area (Å²) < 4.78 is 10.8. The van der Waals surface area contributed by atoms with Gasteiger partial charge in [-0.15, -0.1) is 24.0 Å². The molecule has 3 heterocycles. The number of furan rings is 1. The number of halogens is 1. The number of hydrogen-bond acceptors (Lipinski definition) is 4. The maximum absolute atomic E-state index is 10.1. The lowest BCUT2D eigenvalue weighted by atomic mass is 9.87. The van der Waals surface area contributed by atoms with Crippen LogP contribution < -0.4 is 5.32 Å².